The maximum Gasteiger partial charge on any atom is 0.416 e. The van der Waals surface area contributed by atoms with E-state index >= 15 is 0 Å². The molecule has 0 heterocycles. The Hall–Kier alpha value is -1.14. The van der Waals surface area contributed by atoms with Crippen molar-refractivity contribution in [3.8, 4) is 0 Å². The van der Waals surface area contributed by atoms with Crippen LogP contribution in [0.2, 0.25) is 0 Å². The number of halogens is 4. The highest BCUT2D eigenvalue weighted by Crippen LogP contribution is 2.35. The van der Waals surface area contributed by atoms with Crippen LogP contribution in [-0.2, 0) is 6.18 Å². The molecule has 1 aliphatic carbocycles. The summed E-state index contributed by atoms with van der Waals surface area (Å²) < 4.78 is 52.2. The van der Waals surface area contributed by atoms with E-state index in [-0.39, 0.29) is 11.6 Å². The molecule has 118 valence electrons. The molecule has 1 unspecified atom stereocenters. The maximum atomic E-state index is 13.1. The van der Waals surface area contributed by atoms with Crippen LogP contribution in [0.5, 0.6) is 0 Å². The van der Waals surface area contributed by atoms with Crippen molar-refractivity contribution >= 4 is 0 Å². The molecular weight excluding hydrogens is 286 g/mol. The first-order valence-electron chi connectivity index (χ1n) is 7.15. The number of aliphatic hydroxyl groups excluding tert-OH is 1. The summed E-state index contributed by atoms with van der Waals surface area (Å²) in [5.74, 6) is -0.930. The molecule has 0 bridgehead atoms. The van der Waals surface area contributed by atoms with Crippen molar-refractivity contribution in [2.24, 2.45) is 0 Å². The van der Waals surface area contributed by atoms with Crippen molar-refractivity contribution in [1.29, 1.82) is 0 Å². The summed E-state index contributed by atoms with van der Waals surface area (Å²) >= 11 is 0. The molecule has 1 fully saturated rings. The Morgan fingerprint density at radius 2 is 1.86 bits per heavy atom. The standard InChI is InChI=1S/C15H19F4NO/c16-10-6-7-12(13(8-10)15(17,18)19)14(9-21)20-11-4-2-1-3-5-11/h6-8,11,14,20-21H,1-5,9H2. The number of rotatable bonds is 4. The van der Waals surface area contributed by atoms with Gasteiger partial charge in [-0.15, -0.1) is 0 Å². The van der Waals surface area contributed by atoms with Gasteiger partial charge in [-0.1, -0.05) is 25.3 Å². The first kappa shape index (κ1) is 16.2. The van der Waals surface area contributed by atoms with Crippen LogP contribution in [0.15, 0.2) is 18.2 Å². The van der Waals surface area contributed by atoms with Gasteiger partial charge in [0, 0.05) is 6.04 Å². The second-order valence-electron chi connectivity index (χ2n) is 5.47. The molecule has 1 atom stereocenters. The molecule has 1 saturated carbocycles. The van der Waals surface area contributed by atoms with E-state index in [1.54, 1.807) is 0 Å². The molecule has 0 radical (unpaired) electrons. The van der Waals surface area contributed by atoms with E-state index in [4.69, 9.17) is 0 Å². The Balaban J connectivity index is 2.24. The van der Waals surface area contributed by atoms with E-state index in [0.29, 0.717) is 6.07 Å². The molecule has 0 spiro atoms. The van der Waals surface area contributed by atoms with Gasteiger partial charge in [0.15, 0.2) is 0 Å². The number of aliphatic hydroxyl groups is 1. The van der Waals surface area contributed by atoms with Gasteiger partial charge in [0.1, 0.15) is 5.82 Å². The summed E-state index contributed by atoms with van der Waals surface area (Å²) in [6, 6.07) is 1.86. The quantitative estimate of drug-likeness (QED) is 0.829. The predicted octanol–water partition coefficient (Wildman–Crippen LogP) is 3.80. The van der Waals surface area contributed by atoms with Crippen molar-refractivity contribution in [2.45, 2.75) is 50.4 Å². The molecule has 0 aliphatic heterocycles. The fourth-order valence-electron chi connectivity index (χ4n) is 2.87. The van der Waals surface area contributed by atoms with Crippen molar-refractivity contribution in [2.75, 3.05) is 6.61 Å². The fraction of sp³-hybridized carbons (Fsp3) is 0.600. The highest BCUT2D eigenvalue weighted by Gasteiger charge is 2.36. The van der Waals surface area contributed by atoms with Gasteiger partial charge in [-0.3, -0.25) is 0 Å². The van der Waals surface area contributed by atoms with Crippen LogP contribution in [0.25, 0.3) is 0 Å². The molecule has 21 heavy (non-hydrogen) atoms. The Bertz CT molecular complexity index is 469. The third-order valence-electron chi connectivity index (χ3n) is 3.92. The average Bonchev–Trinajstić information content (AvgIpc) is 2.45. The Labute approximate surface area is 121 Å². The zero-order valence-electron chi connectivity index (χ0n) is 11.6. The Kier molecular flexibility index (Phi) is 5.22. The topological polar surface area (TPSA) is 32.3 Å². The molecule has 1 aliphatic rings. The van der Waals surface area contributed by atoms with E-state index in [1.807, 2.05) is 0 Å². The number of nitrogens with one attached hydrogen (secondary N) is 1. The van der Waals surface area contributed by atoms with Gasteiger partial charge in [0.05, 0.1) is 18.2 Å². The molecule has 2 nitrogen and oxygen atoms in total. The summed E-state index contributed by atoms with van der Waals surface area (Å²) in [7, 11) is 0. The minimum Gasteiger partial charge on any atom is -0.394 e. The van der Waals surface area contributed by atoms with E-state index in [0.717, 1.165) is 44.2 Å². The van der Waals surface area contributed by atoms with Crippen LogP contribution in [0.4, 0.5) is 17.6 Å². The molecule has 1 aromatic rings. The smallest absolute Gasteiger partial charge is 0.394 e. The molecule has 0 saturated heterocycles. The van der Waals surface area contributed by atoms with Crippen LogP contribution >= 0.6 is 0 Å². The van der Waals surface area contributed by atoms with Gasteiger partial charge in [0.25, 0.3) is 0 Å². The minimum absolute atomic E-state index is 0.0991. The van der Waals surface area contributed by atoms with E-state index in [1.165, 1.54) is 0 Å². The number of hydrogen-bond acceptors (Lipinski definition) is 2. The summed E-state index contributed by atoms with van der Waals surface area (Å²) in [5.41, 5.74) is -1.12. The van der Waals surface area contributed by atoms with Crippen molar-refractivity contribution in [3.63, 3.8) is 0 Å². The maximum absolute atomic E-state index is 13.1. The van der Waals surface area contributed by atoms with Crippen LogP contribution in [-0.4, -0.2) is 17.8 Å². The second-order valence-corrected chi connectivity index (χ2v) is 5.47. The first-order chi connectivity index (χ1) is 9.91. The number of hydrogen-bond donors (Lipinski definition) is 2. The van der Waals surface area contributed by atoms with Gasteiger partial charge in [-0.25, -0.2) is 4.39 Å². The third kappa shape index (κ3) is 4.17. The molecule has 6 heteroatoms. The van der Waals surface area contributed by atoms with Crippen molar-refractivity contribution < 1.29 is 22.7 Å². The predicted molar refractivity (Wildman–Crippen MR) is 71.2 cm³/mol. The second kappa shape index (κ2) is 6.75. The van der Waals surface area contributed by atoms with Gasteiger partial charge in [-0.05, 0) is 30.5 Å². The monoisotopic (exact) mass is 305 g/mol. The zero-order valence-corrected chi connectivity index (χ0v) is 11.6. The molecular formula is C15H19F4NO. The summed E-state index contributed by atoms with van der Waals surface area (Å²) in [6.45, 7) is -0.453. The zero-order chi connectivity index (χ0) is 15.5. The molecule has 0 amide bonds. The number of alkyl halides is 3. The third-order valence-corrected chi connectivity index (χ3v) is 3.92. The highest BCUT2D eigenvalue weighted by atomic mass is 19.4. The lowest BCUT2D eigenvalue weighted by molar-refractivity contribution is -0.138. The Morgan fingerprint density at radius 3 is 2.43 bits per heavy atom. The lowest BCUT2D eigenvalue weighted by Gasteiger charge is -2.29. The average molecular weight is 305 g/mol. The van der Waals surface area contributed by atoms with Crippen LogP contribution in [0.1, 0.15) is 49.3 Å². The number of benzene rings is 1. The van der Waals surface area contributed by atoms with Crippen molar-refractivity contribution in [1.82, 2.24) is 5.32 Å². The van der Waals surface area contributed by atoms with E-state index < -0.39 is 30.2 Å². The SMILES string of the molecule is OCC(NC1CCCCC1)c1ccc(F)cc1C(F)(F)F. The van der Waals surface area contributed by atoms with E-state index in [2.05, 4.69) is 5.32 Å². The van der Waals surface area contributed by atoms with Crippen LogP contribution in [0, 0.1) is 5.82 Å². The largest absolute Gasteiger partial charge is 0.416 e. The normalized spacial score (nSPS) is 18.7. The van der Waals surface area contributed by atoms with Gasteiger partial charge in [0.2, 0.25) is 0 Å². The molecule has 0 aromatic heterocycles. The van der Waals surface area contributed by atoms with Gasteiger partial charge in [-0.2, -0.15) is 13.2 Å². The molecule has 1 aromatic carbocycles. The van der Waals surface area contributed by atoms with Crippen LogP contribution in [0.3, 0.4) is 0 Å². The lowest BCUT2D eigenvalue weighted by Crippen LogP contribution is -2.37. The first-order valence-corrected chi connectivity index (χ1v) is 7.15. The van der Waals surface area contributed by atoms with Crippen LogP contribution < -0.4 is 5.32 Å². The Morgan fingerprint density at radius 1 is 1.19 bits per heavy atom. The summed E-state index contributed by atoms with van der Waals surface area (Å²) in [4.78, 5) is 0. The summed E-state index contributed by atoms with van der Waals surface area (Å²) in [6.07, 6.45) is 0.334. The minimum atomic E-state index is -4.64. The fourth-order valence-corrected chi connectivity index (χ4v) is 2.87. The highest BCUT2D eigenvalue weighted by molar-refractivity contribution is 5.33. The van der Waals surface area contributed by atoms with Crippen molar-refractivity contribution in [3.05, 3.63) is 35.1 Å². The molecule has 2 N–H and O–H groups in total. The van der Waals surface area contributed by atoms with E-state index in [9.17, 15) is 22.7 Å². The summed E-state index contributed by atoms with van der Waals surface area (Å²) in [5, 5.41) is 12.5. The molecule has 2 rings (SSSR count). The lowest BCUT2D eigenvalue weighted by atomic mass is 9.93. The van der Waals surface area contributed by atoms with Gasteiger partial charge < -0.3 is 10.4 Å². The van der Waals surface area contributed by atoms with Gasteiger partial charge >= 0.3 is 6.18 Å².